The van der Waals surface area contributed by atoms with Gasteiger partial charge in [0, 0.05) is 12.4 Å². The lowest BCUT2D eigenvalue weighted by molar-refractivity contribution is 1.20. The number of nitrogens with zero attached hydrogens (tertiary/aromatic N) is 3. The molecule has 21 heavy (non-hydrogen) atoms. The molecule has 3 heterocycles. The fourth-order valence-corrected chi connectivity index (χ4v) is 1.96. The van der Waals surface area contributed by atoms with E-state index in [1.807, 2.05) is 62.4 Å². The first-order valence-electron chi connectivity index (χ1n) is 7.14. The van der Waals surface area contributed by atoms with E-state index in [2.05, 4.69) is 21.9 Å². The molecule has 0 N–H and O–H groups in total. The van der Waals surface area contributed by atoms with Crippen LogP contribution in [0.4, 0.5) is 0 Å². The van der Waals surface area contributed by atoms with Gasteiger partial charge in [-0.25, -0.2) is 4.98 Å². The zero-order valence-electron chi connectivity index (χ0n) is 12.6. The highest BCUT2D eigenvalue weighted by molar-refractivity contribution is 5.62. The summed E-state index contributed by atoms with van der Waals surface area (Å²) < 4.78 is 0. The molecule has 0 atom stereocenters. The van der Waals surface area contributed by atoms with Crippen molar-refractivity contribution in [3.8, 4) is 22.8 Å². The van der Waals surface area contributed by atoms with E-state index in [0.717, 1.165) is 28.3 Å². The maximum atomic E-state index is 4.65. The van der Waals surface area contributed by atoms with Gasteiger partial charge in [-0.15, -0.1) is 0 Å². The predicted octanol–water partition coefficient (Wildman–Crippen LogP) is 4.54. The lowest BCUT2D eigenvalue weighted by atomic mass is 10.1. The molecule has 3 heteroatoms. The fraction of sp³-hybridized carbons (Fsp3) is 0.167. The maximum Gasteiger partial charge on any atom is 0.0896 e. The molecule has 0 saturated carbocycles. The molecule has 0 fully saturated rings. The Morgan fingerprint density at radius 2 is 1.14 bits per heavy atom. The van der Waals surface area contributed by atoms with Crippen LogP contribution >= 0.6 is 0 Å². The summed E-state index contributed by atoms with van der Waals surface area (Å²) in [6, 6.07) is 15.7. The molecular weight excluding hydrogens is 258 g/mol. The van der Waals surface area contributed by atoms with E-state index < -0.39 is 0 Å². The second kappa shape index (κ2) is 7.29. The summed E-state index contributed by atoms with van der Waals surface area (Å²) in [6.45, 7) is 6.06. The molecule has 0 spiro atoms. The van der Waals surface area contributed by atoms with Crippen molar-refractivity contribution < 1.29 is 0 Å². The summed E-state index contributed by atoms with van der Waals surface area (Å²) in [7, 11) is 0. The fourth-order valence-electron chi connectivity index (χ4n) is 1.96. The molecule has 0 amide bonds. The lowest BCUT2D eigenvalue weighted by Crippen LogP contribution is -1.93. The van der Waals surface area contributed by atoms with Gasteiger partial charge in [0.2, 0.25) is 0 Å². The average molecular weight is 277 g/mol. The Morgan fingerprint density at radius 1 is 0.667 bits per heavy atom. The van der Waals surface area contributed by atoms with E-state index in [9.17, 15) is 0 Å². The molecule has 0 bridgehead atoms. The van der Waals surface area contributed by atoms with Gasteiger partial charge in [0.25, 0.3) is 0 Å². The van der Waals surface area contributed by atoms with E-state index >= 15 is 0 Å². The summed E-state index contributed by atoms with van der Waals surface area (Å²) in [5.74, 6) is 0. The summed E-state index contributed by atoms with van der Waals surface area (Å²) in [6.07, 6.45) is 3.56. The number of rotatable bonds is 2. The normalized spacial score (nSPS) is 9.67. The quantitative estimate of drug-likeness (QED) is 0.690. The second-order valence-electron chi connectivity index (χ2n) is 4.34. The molecule has 0 saturated heterocycles. The lowest BCUT2D eigenvalue weighted by Gasteiger charge is -2.06. The number of hydrogen-bond acceptors (Lipinski definition) is 3. The highest BCUT2D eigenvalue weighted by atomic mass is 14.8. The van der Waals surface area contributed by atoms with Gasteiger partial charge in [-0.05, 0) is 48.9 Å². The monoisotopic (exact) mass is 277 g/mol. The predicted molar refractivity (Wildman–Crippen MR) is 86.8 cm³/mol. The van der Waals surface area contributed by atoms with Crippen LogP contribution in [0.25, 0.3) is 22.8 Å². The molecule has 3 aromatic heterocycles. The van der Waals surface area contributed by atoms with Crippen molar-refractivity contribution in [2.75, 3.05) is 0 Å². The third kappa shape index (κ3) is 3.72. The van der Waals surface area contributed by atoms with Crippen LogP contribution < -0.4 is 0 Å². The molecule has 0 aromatic carbocycles. The minimum Gasteiger partial charge on any atom is -0.255 e. The summed E-state index contributed by atoms with van der Waals surface area (Å²) >= 11 is 0. The van der Waals surface area contributed by atoms with Crippen molar-refractivity contribution in [3.05, 3.63) is 66.5 Å². The molecule has 0 unspecified atom stereocenters. The van der Waals surface area contributed by atoms with Crippen molar-refractivity contribution in [1.29, 1.82) is 0 Å². The van der Waals surface area contributed by atoms with Gasteiger partial charge in [0.15, 0.2) is 0 Å². The smallest absolute Gasteiger partial charge is 0.0896 e. The first-order valence-corrected chi connectivity index (χ1v) is 7.14. The first kappa shape index (κ1) is 14.9. The van der Waals surface area contributed by atoms with Crippen molar-refractivity contribution >= 4 is 0 Å². The minimum absolute atomic E-state index is 0.876. The largest absolute Gasteiger partial charge is 0.255 e. The molecule has 106 valence electrons. The van der Waals surface area contributed by atoms with Crippen LogP contribution in [-0.4, -0.2) is 15.0 Å². The molecular formula is C18H19N3. The Balaban J connectivity index is 0.000000774. The second-order valence-corrected chi connectivity index (χ2v) is 4.34. The molecule has 0 radical (unpaired) electrons. The Labute approximate surface area is 125 Å². The SMILES string of the molecule is CC.Cc1cc(-c2ccccn2)nc(-c2ccccn2)c1. The Bertz CT molecular complexity index is 622. The highest BCUT2D eigenvalue weighted by Crippen LogP contribution is 2.21. The van der Waals surface area contributed by atoms with Crippen LogP contribution in [0.3, 0.4) is 0 Å². The zero-order chi connectivity index (χ0) is 15.1. The van der Waals surface area contributed by atoms with Gasteiger partial charge >= 0.3 is 0 Å². The van der Waals surface area contributed by atoms with Crippen molar-refractivity contribution in [3.63, 3.8) is 0 Å². The van der Waals surface area contributed by atoms with E-state index in [1.165, 1.54) is 0 Å². The molecule has 0 aliphatic rings. The summed E-state index contributed by atoms with van der Waals surface area (Å²) in [5, 5.41) is 0. The van der Waals surface area contributed by atoms with E-state index in [4.69, 9.17) is 0 Å². The first-order chi connectivity index (χ1) is 10.3. The topological polar surface area (TPSA) is 38.7 Å². The Kier molecular flexibility index (Phi) is 5.16. The number of hydrogen-bond donors (Lipinski definition) is 0. The molecule has 3 rings (SSSR count). The zero-order valence-corrected chi connectivity index (χ0v) is 12.6. The van der Waals surface area contributed by atoms with Crippen LogP contribution in [0.1, 0.15) is 19.4 Å². The van der Waals surface area contributed by atoms with Crippen molar-refractivity contribution in [2.24, 2.45) is 0 Å². The van der Waals surface area contributed by atoms with Crippen molar-refractivity contribution in [1.82, 2.24) is 15.0 Å². The van der Waals surface area contributed by atoms with Crippen LogP contribution in [-0.2, 0) is 0 Å². The summed E-state index contributed by atoms with van der Waals surface area (Å²) in [5.41, 5.74) is 4.66. The average Bonchev–Trinajstić information content (AvgIpc) is 2.58. The van der Waals surface area contributed by atoms with E-state index in [1.54, 1.807) is 12.4 Å². The van der Waals surface area contributed by atoms with E-state index in [0.29, 0.717) is 0 Å². The van der Waals surface area contributed by atoms with Gasteiger partial charge in [0.1, 0.15) is 0 Å². The third-order valence-corrected chi connectivity index (χ3v) is 2.82. The maximum absolute atomic E-state index is 4.65. The van der Waals surface area contributed by atoms with Gasteiger partial charge < -0.3 is 0 Å². The van der Waals surface area contributed by atoms with Crippen LogP contribution in [0.2, 0.25) is 0 Å². The molecule has 3 nitrogen and oxygen atoms in total. The number of aromatic nitrogens is 3. The third-order valence-electron chi connectivity index (χ3n) is 2.82. The molecule has 3 aromatic rings. The summed E-state index contributed by atoms with van der Waals surface area (Å²) in [4.78, 5) is 13.3. The van der Waals surface area contributed by atoms with E-state index in [-0.39, 0.29) is 0 Å². The van der Waals surface area contributed by atoms with Crippen LogP contribution in [0, 0.1) is 6.92 Å². The number of aryl methyl sites for hydroxylation is 1. The highest BCUT2D eigenvalue weighted by Gasteiger charge is 2.06. The standard InChI is InChI=1S/C16H13N3.C2H6/c1-12-10-15(13-6-2-4-8-17-13)19-16(11-12)14-7-3-5-9-18-14;1-2/h2-11H,1H3;1-2H3. The van der Waals surface area contributed by atoms with Gasteiger partial charge in [-0.2, -0.15) is 0 Å². The Morgan fingerprint density at radius 3 is 1.52 bits per heavy atom. The van der Waals surface area contributed by atoms with Gasteiger partial charge in [-0.1, -0.05) is 26.0 Å². The van der Waals surface area contributed by atoms with Crippen molar-refractivity contribution in [2.45, 2.75) is 20.8 Å². The Hall–Kier alpha value is -2.55. The molecule has 0 aliphatic carbocycles. The number of pyridine rings is 3. The van der Waals surface area contributed by atoms with Crippen LogP contribution in [0.5, 0.6) is 0 Å². The van der Waals surface area contributed by atoms with Crippen LogP contribution in [0.15, 0.2) is 60.9 Å². The molecule has 0 aliphatic heterocycles. The van der Waals surface area contributed by atoms with Gasteiger partial charge in [-0.3, -0.25) is 9.97 Å². The minimum atomic E-state index is 0.876. The van der Waals surface area contributed by atoms with Gasteiger partial charge in [0.05, 0.1) is 22.8 Å².